The lowest BCUT2D eigenvalue weighted by atomic mass is 10.1. The SMILES string of the molecule is CN(C)S(=O)(=O)c1cccc(C(=O)CNCC(c2ccccc2)N2CCCC2)c1. The average Bonchev–Trinajstić information content (AvgIpc) is 3.26. The molecule has 0 bridgehead atoms. The van der Waals surface area contributed by atoms with E-state index in [1.54, 1.807) is 12.1 Å². The highest BCUT2D eigenvalue weighted by molar-refractivity contribution is 7.89. The molecule has 1 saturated heterocycles. The minimum Gasteiger partial charge on any atom is -0.308 e. The number of nitrogens with zero attached hydrogens (tertiary/aromatic N) is 2. The molecule has 1 aliphatic heterocycles. The summed E-state index contributed by atoms with van der Waals surface area (Å²) in [5.41, 5.74) is 1.64. The summed E-state index contributed by atoms with van der Waals surface area (Å²) in [7, 11) is -0.601. The summed E-state index contributed by atoms with van der Waals surface area (Å²) in [5.74, 6) is -0.117. The van der Waals surface area contributed by atoms with Crippen molar-refractivity contribution >= 4 is 15.8 Å². The Bertz CT molecular complexity index is 923. The Morgan fingerprint density at radius 2 is 1.76 bits per heavy atom. The van der Waals surface area contributed by atoms with Gasteiger partial charge < -0.3 is 5.32 Å². The van der Waals surface area contributed by atoms with E-state index in [9.17, 15) is 13.2 Å². The number of benzene rings is 2. The molecular weight excluding hydrogens is 386 g/mol. The molecule has 0 aromatic heterocycles. The molecule has 0 amide bonds. The maximum absolute atomic E-state index is 12.6. The van der Waals surface area contributed by atoms with Crippen LogP contribution >= 0.6 is 0 Å². The third kappa shape index (κ3) is 5.30. The van der Waals surface area contributed by atoms with Crippen LogP contribution in [0.1, 0.15) is 34.8 Å². The zero-order chi connectivity index (χ0) is 20.9. The van der Waals surface area contributed by atoms with E-state index in [-0.39, 0.29) is 23.3 Å². The van der Waals surface area contributed by atoms with E-state index in [4.69, 9.17) is 0 Å². The molecule has 1 atom stereocenters. The van der Waals surface area contributed by atoms with Gasteiger partial charge in [0.2, 0.25) is 10.0 Å². The first kappa shape index (κ1) is 21.6. The first-order valence-corrected chi connectivity index (χ1v) is 11.4. The number of rotatable bonds is 9. The second-order valence-corrected chi connectivity index (χ2v) is 9.69. The van der Waals surface area contributed by atoms with Crippen LogP contribution < -0.4 is 5.32 Å². The van der Waals surface area contributed by atoms with Gasteiger partial charge in [-0.25, -0.2) is 12.7 Å². The van der Waals surface area contributed by atoms with E-state index in [1.807, 2.05) is 18.2 Å². The Labute approximate surface area is 173 Å². The van der Waals surface area contributed by atoms with Crippen LogP contribution in [0.15, 0.2) is 59.5 Å². The number of carbonyl (C=O) groups is 1. The van der Waals surface area contributed by atoms with Gasteiger partial charge in [-0.2, -0.15) is 0 Å². The van der Waals surface area contributed by atoms with Crippen molar-refractivity contribution in [1.29, 1.82) is 0 Å². The van der Waals surface area contributed by atoms with Gasteiger partial charge in [-0.3, -0.25) is 9.69 Å². The van der Waals surface area contributed by atoms with Crippen molar-refractivity contribution in [2.45, 2.75) is 23.8 Å². The third-order valence-corrected chi connectivity index (χ3v) is 7.13. The summed E-state index contributed by atoms with van der Waals surface area (Å²) in [6, 6.07) is 16.8. The fourth-order valence-corrected chi connectivity index (χ4v) is 4.60. The third-order valence-electron chi connectivity index (χ3n) is 5.32. The lowest BCUT2D eigenvalue weighted by molar-refractivity contribution is 0.0987. The second-order valence-electron chi connectivity index (χ2n) is 7.54. The van der Waals surface area contributed by atoms with Gasteiger partial charge in [-0.15, -0.1) is 0 Å². The van der Waals surface area contributed by atoms with Gasteiger partial charge in [0.1, 0.15) is 0 Å². The Kier molecular flexibility index (Phi) is 7.18. The Morgan fingerprint density at radius 3 is 2.41 bits per heavy atom. The fourth-order valence-electron chi connectivity index (χ4n) is 3.65. The summed E-state index contributed by atoms with van der Waals surface area (Å²) in [4.78, 5) is 15.2. The van der Waals surface area contributed by atoms with Crippen molar-refractivity contribution in [2.24, 2.45) is 0 Å². The van der Waals surface area contributed by atoms with Gasteiger partial charge in [-0.05, 0) is 43.6 Å². The molecule has 0 saturated carbocycles. The molecule has 0 spiro atoms. The monoisotopic (exact) mass is 415 g/mol. The summed E-state index contributed by atoms with van der Waals surface area (Å²) in [6.45, 7) is 2.98. The predicted octanol–water partition coefficient (Wildman–Crippen LogP) is 2.55. The number of hydrogen-bond acceptors (Lipinski definition) is 5. The van der Waals surface area contributed by atoms with Crippen LogP contribution in [0.4, 0.5) is 0 Å². The Balaban J connectivity index is 1.65. The molecule has 3 rings (SSSR count). The van der Waals surface area contributed by atoms with Crippen molar-refractivity contribution in [3.8, 4) is 0 Å². The molecule has 1 fully saturated rings. The molecule has 29 heavy (non-hydrogen) atoms. The van der Waals surface area contributed by atoms with Gasteiger partial charge in [0.25, 0.3) is 0 Å². The topological polar surface area (TPSA) is 69.7 Å². The summed E-state index contributed by atoms with van der Waals surface area (Å²) < 4.78 is 25.8. The minimum absolute atomic E-state index is 0.117. The number of ketones is 1. The number of nitrogens with one attached hydrogen (secondary N) is 1. The number of carbonyl (C=O) groups excluding carboxylic acids is 1. The molecule has 1 aliphatic rings. The summed E-state index contributed by atoms with van der Waals surface area (Å²) in [6.07, 6.45) is 2.41. The number of sulfonamides is 1. The van der Waals surface area contributed by atoms with E-state index in [1.165, 1.54) is 44.6 Å². The maximum Gasteiger partial charge on any atom is 0.242 e. The van der Waals surface area contributed by atoms with Crippen molar-refractivity contribution in [3.05, 3.63) is 65.7 Å². The lowest BCUT2D eigenvalue weighted by Gasteiger charge is -2.28. The van der Waals surface area contributed by atoms with Crippen LogP contribution in [-0.4, -0.2) is 63.7 Å². The van der Waals surface area contributed by atoms with Crippen LogP contribution in [0.2, 0.25) is 0 Å². The molecule has 1 N–H and O–H groups in total. The fraction of sp³-hybridized carbons (Fsp3) is 0.409. The van der Waals surface area contributed by atoms with Gasteiger partial charge in [0.05, 0.1) is 11.4 Å². The highest BCUT2D eigenvalue weighted by Crippen LogP contribution is 2.24. The predicted molar refractivity (Wildman–Crippen MR) is 115 cm³/mol. The van der Waals surface area contributed by atoms with Gasteiger partial charge >= 0.3 is 0 Å². The van der Waals surface area contributed by atoms with Crippen molar-refractivity contribution in [1.82, 2.24) is 14.5 Å². The molecular formula is C22H29N3O3S. The summed E-state index contributed by atoms with van der Waals surface area (Å²) >= 11 is 0. The second kappa shape index (κ2) is 9.63. The van der Waals surface area contributed by atoms with Gasteiger partial charge in [0.15, 0.2) is 5.78 Å². The molecule has 1 heterocycles. The van der Waals surface area contributed by atoms with Crippen molar-refractivity contribution < 1.29 is 13.2 Å². The van der Waals surface area contributed by atoms with Crippen LogP contribution in [0.3, 0.4) is 0 Å². The van der Waals surface area contributed by atoms with Crippen LogP contribution in [0.5, 0.6) is 0 Å². The minimum atomic E-state index is -3.56. The summed E-state index contributed by atoms with van der Waals surface area (Å²) in [5, 5.41) is 3.29. The van der Waals surface area contributed by atoms with E-state index in [2.05, 4.69) is 22.3 Å². The molecule has 156 valence electrons. The molecule has 0 radical (unpaired) electrons. The molecule has 6 nitrogen and oxygen atoms in total. The Hall–Kier alpha value is -2.06. The van der Waals surface area contributed by atoms with E-state index < -0.39 is 10.0 Å². The lowest BCUT2D eigenvalue weighted by Crippen LogP contribution is -2.36. The Morgan fingerprint density at radius 1 is 1.07 bits per heavy atom. The van der Waals surface area contributed by atoms with Crippen LogP contribution in [-0.2, 0) is 10.0 Å². The van der Waals surface area contributed by atoms with Gasteiger partial charge in [-0.1, -0.05) is 42.5 Å². The normalized spacial score (nSPS) is 16.2. The highest BCUT2D eigenvalue weighted by Gasteiger charge is 2.23. The first-order valence-electron chi connectivity index (χ1n) is 9.95. The largest absolute Gasteiger partial charge is 0.308 e. The van der Waals surface area contributed by atoms with E-state index >= 15 is 0 Å². The molecule has 7 heteroatoms. The van der Waals surface area contributed by atoms with Crippen molar-refractivity contribution in [3.63, 3.8) is 0 Å². The van der Waals surface area contributed by atoms with Crippen LogP contribution in [0, 0.1) is 0 Å². The molecule has 0 aliphatic carbocycles. The average molecular weight is 416 g/mol. The van der Waals surface area contributed by atoms with E-state index in [0.29, 0.717) is 12.1 Å². The maximum atomic E-state index is 12.6. The zero-order valence-electron chi connectivity index (χ0n) is 17.0. The molecule has 2 aromatic rings. The quantitative estimate of drug-likeness (QED) is 0.638. The van der Waals surface area contributed by atoms with Gasteiger partial charge in [0, 0.05) is 32.2 Å². The highest BCUT2D eigenvalue weighted by atomic mass is 32.2. The molecule has 2 aromatic carbocycles. The molecule has 1 unspecified atom stereocenters. The smallest absolute Gasteiger partial charge is 0.242 e. The van der Waals surface area contributed by atoms with E-state index in [0.717, 1.165) is 17.4 Å². The standard InChI is InChI=1S/C22H29N3O3S/c1-24(2)29(27,28)20-12-8-11-19(15-20)22(26)17-23-16-21(25-13-6-7-14-25)18-9-4-3-5-10-18/h3-5,8-12,15,21,23H,6-7,13-14,16-17H2,1-2H3. The number of Topliss-reactive ketones (excluding diaryl/α,β-unsaturated/α-hetero) is 1. The number of likely N-dealkylation sites (tertiary alicyclic amines) is 1. The number of hydrogen-bond donors (Lipinski definition) is 1. The van der Waals surface area contributed by atoms with Crippen molar-refractivity contribution in [2.75, 3.05) is 40.3 Å². The zero-order valence-corrected chi connectivity index (χ0v) is 17.9. The van der Waals surface area contributed by atoms with Crippen LogP contribution in [0.25, 0.3) is 0 Å². The first-order chi connectivity index (χ1) is 13.9.